The summed E-state index contributed by atoms with van der Waals surface area (Å²) in [4.78, 5) is 22.8. The molecule has 0 rings (SSSR count). The van der Waals surface area contributed by atoms with Crippen LogP contribution in [0.15, 0.2) is 48.6 Å². The quantitative estimate of drug-likeness (QED) is 0.0329. The van der Waals surface area contributed by atoms with E-state index >= 15 is 0 Å². The first-order chi connectivity index (χ1) is 21.0. The number of hydrogen-bond donors (Lipinski definition) is 3. The van der Waals surface area contributed by atoms with Crippen LogP contribution in [0.4, 0.5) is 0 Å². The first-order valence-electron chi connectivity index (χ1n) is 17.0. The zero-order valence-electron chi connectivity index (χ0n) is 28.6. The molecule has 1 amide bonds. The number of nitrogens with zero attached hydrogens (tertiary/aromatic N) is 1. The predicted molar refractivity (Wildman–Crippen MR) is 184 cm³/mol. The van der Waals surface area contributed by atoms with Crippen LogP contribution < -0.4 is 5.32 Å². The van der Waals surface area contributed by atoms with Gasteiger partial charge in [-0.05, 0) is 57.8 Å². The van der Waals surface area contributed by atoms with Gasteiger partial charge in [-0.1, -0.05) is 101 Å². The number of hydrogen-bond acceptors (Lipinski definition) is 5. The molecule has 44 heavy (non-hydrogen) atoms. The topological polar surface area (TPSA) is 105 Å². The van der Waals surface area contributed by atoms with Crippen molar-refractivity contribution in [2.24, 2.45) is 0 Å². The fourth-order valence-corrected chi connectivity index (χ4v) is 4.89. The Hall–Kier alpha value is -1.54. The zero-order valence-corrected chi connectivity index (χ0v) is 29.5. The zero-order chi connectivity index (χ0) is 32.9. The van der Waals surface area contributed by atoms with E-state index in [1.807, 2.05) is 27.2 Å². The lowest BCUT2D eigenvalue weighted by molar-refractivity contribution is -0.870. The van der Waals surface area contributed by atoms with Gasteiger partial charge < -0.3 is 19.8 Å². The number of carbonyl (C=O) groups is 1. The van der Waals surface area contributed by atoms with E-state index in [1.54, 1.807) is 6.08 Å². The molecule has 0 heterocycles. The van der Waals surface area contributed by atoms with Crippen LogP contribution in [0.5, 0.6) is 0 Å². The summed E-state index contributed by atoms with van der Waals surface area (Å²) in [6.45, 7) is 4.63. The monoisotopic (exact) mass is 641 g/mol. The minimum Gasteiger partial charge on any atom is -0.387 e. The Morgan fingerprint density at radius 1 is 0.750 bits per heavy atom. The van der Waals surface area contributed by atoms with Gasteiger partial charge in [-0.15, -0.1) is 0 Å². The van der Waals surface area contributed by atoms with Gasteiger partial charge in [0.25, 0.3) is 0 Å². The standard InChI is InChI=1S/C35H65N2O6P/c1-6-8-10-12-14-16-18-19-20-22-24-26-28-34(38)33(32-43-44(40,41)42-31-30-37(3,4)5)36-35(39)29-27-25-23-21-17-15-13-11-9-7-2/h12-15,19-20,26,28,33-34,38H,6-11,16-18,21-25,27,29-32H2,1-5H3,(H-,36,39,40,41)/p+1/b14-12+,15-13-,20-19+,28-26+. The Bertz CT molecular complexity index is 866. The van der Waals surface area contributed by atoms with E-state index in [2.05, 4.69) is 55.6 Å². The van der Waals surface area contributed by atoms with Gasteiger partial charge in [0.15, 0.2) is 0 Å². The Balaban J connectivity index is 4.74. The fraction of sp³-hybridized carbons (Fsp3) is 0.743. The molecule has 0 bridgehead atoms. The number of phosphoric ester groups is 1. The number of aliphatic hydroxyl groups is 1. The molecule has 3 unspecified atom stereocenters. The summed E-state index contributed by atoms with van der Waals surface area (Å²) >= 11 is 0. The van der Waals surface area contributed by atoms with Crippen LogP contribution >= 0.6 is 7.82 Å². The SMILES string of the molecule is CCCC/C=C\CCCCCCC(=O)NC(COP(=O)(O)OCC[N+](C)(C)C)C(O)/C=C/CC/C=C/CC/C=C/CCCC. The van der Waals surface area contributed by atoms with E-state index in [4.69, 9.17) is 9.05 Å². The number of aliphatic hydroxyl groups excluding tert-OH is 1. The maximum Gasteiger partial charge on any atom is 0.472 e. The Labute approximate surface area is 269 Å². The molecule has 0 aromatic carbocycles. The number of rotatable bonds is 29. The molecule has 0 aliphatic carbocycles. The summed E-state index contributed by atoms with van der Waals surface area (Å²) in [5.74, 6) is -0.212. The number of unbranched alkanes of at least 4 members (excludes halogenated alkanes) is 10. The molecule has 0 spiro atoms. The molecule has 0 aliphatic heterocycles. The van der Waals surface area contributed by atoms with Gasteiger partial charge in [-0.25, -0.2) is 4.57 Å². The van der Waals surface area contributed by atoms with Crippen molar-refractivity contribution in [3.63, 3.8) is 0 Å². The molecule has 0 radical (unpaired) electrons. The summed E-state index contributed by atoms with van der Waals surface area (Å²) in [5.41, 5.74) is 0. The highest BCUT2D eigenvalue weighted by molar-refractivity contribution is 7.47. The summed E-state index contributed by atoms with van der Waals surface area (Å²) < 4.78 is 23.3. The number of likely N-dealkylation sites (N-methyl/N-ethyl adjacent to an activating group) is 1. The molecule has 0 aromatic heterocycles. The van der Waals surface area contributed by atoms with Gasteiger partial charge in [0.2, 0.25) is 5.91 Å². The number of nitrogens with one attached hydrogen (secondary N) is 1. The van der Waals surface area contributed by atoms with Crippen LogP contribution in [-0.2, 0) is 18.4 Å². The van der Waals surface area contributed by atoms with Crippen LogP contribution in [0.2, 0.25) is 0 Å². The summed E-state index contributed by atoms with van der Waals surface area (Å²) in [6.07, 6.45) is 31.8. The molecule has 0 aliphatic rings. The third kappa shape index (κ3) is 29.2. The Morgan fingerprint density at radius 2 is 1.25 bits per heavy atom. The maximum atomic E-state index is 12.7. The van der Waals surface area contributed by atoms with Crippen molar-refractivity contribution in [2.75, 3.05) is 40.9 Å². The van der Waals surface area contributed by atoms with Crippen LogP contribution in [0.25, 0.3) is 0 Å². The molecule has 9 heteroatoms. The van der Waals surface area contributed by atoms with E-state index in [1.165, 1.54) is 25.7 Å². The van der Waals surface area contributed by atoms with Crippen molar-refractivity contribution in [2.45, 2.75) is 129 Å². The summed E-state index contributed by atoms with van der Waals surface area (Å²) in [5, 5.41) is 13.6. The number of quaternary nitrogens is 1. The van der Waals surface area contributed by atoms with Crippen molar-refractivity contribution in [3.8, 4) is 0 Å². The molecule has 3 atom stereocenters. The fourth-order valence-electron chi connectivity index (χ4n) is 4.15. The van der Waals surface area contributed by atoms with Crippen molar-refractivity contribution in [1.29, 1.82) is 0 Å². The second-order valence-corrected chi connectivity index (χ2v) is 14.0. The summed E-state index contributed by atoms with van der Waals surface area (Å²) in [6, 6.07) is -0.871. The lowest BCUT2D eigenvalue weighted by Gasteiger charge is -2.25. The number of amides is 1. The van der Waals surface area contributed by atoms with Gasteiger partial charge >= 0.3 is 7.82 Å². The first-order valence-corrected chi connectivity index (χ1v) is 18.5. The van der Waals surface area contributed by atoms with Crippen molar-refractivity contribution >= 4 is 13.7 Å². The van der Waals surface area contributed by atoms with E-state index < -0.39 is 20.0 Å². The molecular weight excluding hydrogens is 575 g/mol. The first kappa shape index (κ1) is 42.5. The highest BCUT2D eigenvalue weighted by Crippen LogP contribution is 2.43. The minimum atomic E-state index is -4.34. The molecule has 3 N–H and O–H groups in total. The average Bonchev–Trinajstić information content (AvgIpc) is 2.95. The molecular formula is C35H66N2O6P+. The highest BCUT2D eigenvalue weighted by Gasteiger charge is 2.27. The summed E-state index contributed by atoms with van der Waals surface area (Å²) in [7, 11) is 1.52. The van der Waals surface area contributed by atoms with E-state index in [-0.39, 0.29) is 19.1 Å². The van der Waals surface area contributed by atoms with Crippen LogP contribution in [-0.4, -0.2) is 73.4 Å². The van der Waals surface area contributed by atoms with Crippen molar-refractivity contribution < 1.29 is 32.9 Å². The van der Waals surface area contributed by atoms with Gasteiger partial charge in [0.05, 0.1) is 39.9 Å². The van der Waals surface area contributed by atoms with Gasteiger partial charge in [-0.2, -0.15) is 0 Å². The molecule has 0 saturated heterocycles. The van der Waals surface area contributed by atoms with Crippen LogP contribution in [0, 0.1) is 0 Å². The second-order valence-electron chi connectivity index (χ2n) is 12.5. The Kier molecular flexibility index (Phi) is 26.8. The normalized spacial score (nSPS) is 15.5. The van der Waals surface area contributed by atoms with Crippen molar-refractivity contribution in [3.05, 3.63) is 48.6 Å². The number of allylic oxidation sites excluding steroid dienone is 7. The smallest absolute Gasteiger partial charge is 0.387 e. The van der Waals surface area contributed by atoms with Crippen LogP contribution in [0.3, 0.4) is 0 Å². The van der Waals surface area contributed by atoms with E-state index in [9.17, 15) is 19.4 Å². The van der Waals surface area contributed by atoms with E-state index in [0.717, 1.165) is 70.6 Å². The number of carbonyl (C=O) groups excluding carboxylic acids is 1. The van der Waals surface area contributed by atoms with E-state index in [0.29, 0.717) is 17.4 Å². The molecule has 256 valence electrons. The average molecular weight is 642 g/mol. The lowest BCUT2D eigenvalue weighted by atomic mass is 10.1. The molecule has 8 nitrogen and oxygen atoms in total. The van der Waals surface area contributed by atoms with Crippen molar-refractivity contribution in [1.82, 2.24) is 5.32 Å². The molecule has 0 saturated carbocycles. The lowest BCUT2D eigenvalue weighted by Crippen LogP contribution is -2.45. The third-order valence-electron chi connectivity index (χ3n) is 7.00. The minimum absolute atomic E-state index is 0.0496. The third-order valence-corrected chi connectivity index (χ3v) is 7.98. The predicted octanol–water partition coefficient (Wildman–Crippen LogP) is 8.18. The number of phosphoric acid groups is 1. The maximum absolute atomic E-state index is 12.7. The molecule has 0 aromatic rings. The van der Waals surface area contributed by atoms with Gasteiger partial charge in [0, 0.05) is 6.42 Å². The van der Waals surface area contributed by atoms with Crippen LogP contribution in [0.1, 0.15) is 117 Å². The Morgan fingerprint density at radius 3 is 1.80 bits per heavy atom. The molecule has 0 fully saturated rings. The highest BCUT2D eigenvalue weighted by atomic mass is 31.2. The largest absolute Gasteiger partial charge is 0.472 e. The second kappa shape index (κ2) is 27.7. The van der Waals surface area contributed by atoms with Gasteiger partial charge in [0.1, 0.15) is 13.2 Å². The van der Waals surface area contributed by atoms with Gasteiger partial charge in [-0.3, -0.25) is 13.8 Å².